The molecule has 100 valence electrons. The van der Waals surface area contributed by atoms with E-state index in [9.17, 15) is 14.4 Å². The zero-order valence-corrected chi connectivity index (χ0v) is 10.4. The summed E-state index contributed by atoms with van der Waals surface area (Å²) >= 11 is 0. The second kappa shape index (κ2) is 5.50. The molecule has 0 aromatic heterocycles. The Morgan fingerprint density at radius 3 is 1.78 bits per heavy atom. The van der Waals surface area contributed by atoms with Crippen molar-refractivity contribution >= 4 is 17.7 Å². The van der Waals surface area contributed by atoms with E-state index in [0.717, 1.165) is 32.1 Å². The highest BCUT2D eigenvalue weighted by Crippen LogP contribution is 2.42. The van der Waals surface area contributed by atoms with Crippen molar-refractivity contribution in [3.8, 4) is 0 Å². The quantitative estimate of drug-likeness (QED) is 0.611. The average molecular weight is 254 g/mol. The summed E-state index contributed by atoms with van der Waals surface area (Å²) in [5, 5.41) is 0. The van der Waals surface area contributed by atoms with Crippen LogP contribution in [0, 0.1) is 5.41 Å². The molecule has 0 bridgehead atoms. The van der Waals surface area contributed by atoms with E-state index in [2.05, 4.69) is 0 Å². The maximum Gasteiger partial charge on any atom is 0.306 e. The number of ether oxygens (including phenoxy) is 2. The first-order valence-corrected chi connectivity index (χ1v) is 6.43. The predicted octanol–water partition coefficient (Wildman–Crippen LogP) is 1.39. The Hall–Kier alpha value is -1.39. The van der Waals surface area contributed by atoms with Gasteiger partial charge in [0.2, 0.25) is 5.78 Å². The summed E-state index contributed by atoms with van der Waals surface area (Å²) in [6.45, 7) is -0.579. The third kappa shape index (κ3) is 3.31. The molecule has 0 unspecified atom stereocenters. The number of Topliss-reactive ketones (excluding diaryl/α,β-unsaturated/α-hetero) is 1. The molecule has 5 nitrogen and oxygen atoms in total. The molecule has 0 N–H and O–H groups in total. The normalized spacial score (nSPS) is 25.4. The van der Waals surface area contributed by atoms with Crippen LogP contribution in [0.4, 0.5) is 0 Å². The number of hydrogen-bond donors (Lipinski definition) is 0. The van der Waals surface area contributed by atoms with Gasteiger partial charge in [0, 0.05) is 0 Å². The molecule has 18 heavy (non-hydrogen) atoms. The highest BCUT2D eigenvalue weighted by molar-refractivity contribution is 5.86. The van der Waals surface area contributed by atoms with Crippen molar-refractivity contribution in [2.24, 2.45) is 5.41 Å². The Balaban J connectivity index is 2.10. The molecule has 0 aromatic carbocycles. The highest BCUT2D eigenvalue weighted by atomic mass is 16.6. The van der Waals surface area contributed by atoms with E-state index in [1.54, 1.807) is 0 Å². The Kier molecular flexibility index (Phi) is 3.99. The zero-order chi connectivity index (χ0) is 13.0. The maximum absolute atomic E-state index is 11.7. The number of rotatable bonds is 0. The first-order valence-electron chi connectivity index (χ1n) is 6.43. The van der Waals surface area contributed by atoms with Gasteiger partial charge in [-0.25, -0.2) is 0 Å². The Bertz CT molecular complexity index is 328. The molecule has 1 aliphatic heterocycles. The van der Waals surface area contributed by atoms with Crippen LogP contribution in [0.3, 0.4) is 0 Å². The van der Waals surface area contributed by atoms with E-state index < -0.39 is 0 Å². The van der Waals surface area contributed by atoms with Gasteiger partial charge in [0.1, 0.15) is 0 Å². The van der Waals surface area contributed by atoms with E-state index in [0.29, 0.717) is 0 Å². The van der Waals surface area contributed by atoms with Crippen LogP contribution >= 0.6 is 0 Å². The molecule has 0 radical (unpaired) electrons. The van der Waals surface area contributed by atoms with Crippen LogP contribution in [0.25, 0.3) is 0 Å². The molecule has 1 saturated carbocycles. The SMILES string of the molecule is O=C1COC(=O)CC2(CCCCC2)CC(=O)OC1. The fourth-order valence-corrected chi connectivity index (χ4v) is 2.80. The number of esters is 2. The first kappa shape index (κ1) is 13.1. The molecular formula is C13H18O5. The van der Waals surface area contributed by atoms with Crippen molar-refractivity contribution in [3.63, 3.8) is 0 Å². The molecule has 2 rings (SSSR count). The van der Waals surface area contributed by atoms with Gasteiger partial charge < -0.3 is 9.47 Å². The van der Waals surface area contributed by atoms with Crippen LogP contribution in [-0.4, -0.2) is 30.9 Å². The number of hydrogen-bond acceptors (Lipinski definition) is 5. The van der Waals surface area contributed by atoms with Crippen LogP contribution in [-0.2, 0) is 23.9 Å². The Labute approximate surface area is 106 Å². The third-order valence-electron chi connectivity index (χ3n) is 3.74. The maximum atomic E-state index is 11.7. The highest BCUT2D eigenvalue weighted by Gasteiger charge is 2.38. The van der Waals surface area contributed by atoms with Crippen LogP contribution in [0.15, 0.2) is 0 Å². The largest absolute Gasteiger partial charge is 0.458 e. The molecule has 1 aliphatic carbocycles. The van der Waals surface area contributed by atoms with Gasteiger partial charge in [-0.2, -0.15) is 0 Å². The lowest BCUT2D eigenvalue weighted by molar-refractivity contribution is -0.160. The van der Waals surface area contributed by atoms with Crippen molar-refractivity contribution in [1.82, 2.24) is 0 Å². The standard InChI is InChI=1S/C13H18O5/c14-10-8-17-11(15)6-13(4-2-1-3-5-13)7-12(16)18-9-10/h1-9H2. The van der Waals surface area contributed by atoms with Crippen molar-refractivity contribution < 1.29 is 23.9 Å². The van der Waals surface area contributed by atoms with Crippen LogP contribution in [0.5, 0.6) is 0 Å². The van der Waals surface area contributed by atoms with Crippen molar-refractivity contribution in [3.05, 3.63) is 0 Å². The van der Waals surface area contributed by atoms with E-state index >= 15 is 0 Å². The topological polar surface area (TPSA) is 69.7 Å². The smallest absolute Gasteiger partial charge is 0.306 e. The summed E-state index contributed by atoms with van der Waals surface area (Å²) in [7, 11) is 0. The summed E-state index contributed by atoms with van der Waals surface area (Å²) in [4.78, 5) is 34.6. The molecule has 1 heterocycles. The van der Waals surface area contributed by atoms with E-state index in [-0.39, 0.29) is 49.2 Å². The van der Waals surface area contributed by atoms with Crippen molar-refractivity contribution in [2.45, 2.75) is 44.9 Å². The third-order valence-corrected chi connectivity index (χ3v) is 3.74. The zero-order valence-electron chi connectivity index (χ0n) is 10.4. The van der Waals surface area contributed by atoms with E-state index in [4.69, 9.17) is 9.47 Å². The number of ketones is 1. The summed E-state index contributed by atoms with van der Waals surface area (Å²) in [6.07, 6.45) is 5.34. The van der Waals surface area contributed by atoms with Gasteiger partial charge in [-0.15, -0.1) is 0 Å². The second-order valence-corrected chi connectivity index (χ2v) is 5.27. The molecule has 1 spiro atoms. The summed E-state index contributed by atoms with van der Waals surface area (Å²) in [5.74, 6) is -1.13. The fourth-order valence-electron chi connectivity index (χ4n) is 2.80. The molecule has 2 aliphatic rings. The van der Waals surface area contributed by atoms with Crippen molar-refractivity contribution in [1.29, 1.82) is 0 Å². The molecule has 0 amide bonds. The van der Waals surface area contributed by atoms with Crippen molar-refractivity contribution in [2.75, 3.05) is 13.2 Å². The van der Waals surface area contributed by atoms with Gasteiger partial charge in [0.05, 0.1) is 12.8 Å². The van der Waals surface area contributed by atoms with E-state index in [1.165, 1.54) is 0 Å². The molecule has 0 aromatic rings. The second-order valence-electron chi connectivity index (χ2n) is 5.27. The van der Waals surface area contributed by atoms with Crippen LogP contribution in [0.2, 0.25) is 0 Å². The molecule has 2 fully saturated rings. The number of carbonyl (C=O) groups excluding carboxylic acids is 3. The van der Waals surface area contributed by atoms with Gasteiger partial charge in [-0.3, -0.25) is 14.4 Å². The lowest BCUT2D eigenvalue weighted by atomic mass is 9.69. The average Bonchev–Trinajstić information content (AvgIpc) is 2.34. The number of cyclic esters (lactones) is 2. The van der Waals surface area contributed by atoms with Gasteiger partial charge >= 0.3 is 11.9 Å². The molecule has 0 atom stereocenters. The van der Waals surface area contributed by atoms with Gasteiger partial charge in [0.15, 0.2) is 13.2 Å². The summed E-state index contributed by atoms with van der Waals surface area (Å²) < 4.78 is 9.83. The summed E-state index contributed by atoms with van der Waals surface area (Å²) in [5.41, 5.74) is -0.313. The van der Waals surface area contributed by atoms with Gasteiger partial charge in [-0.05, 0) is 18.3 Å². The number of carbonyl (C=O) groups is 3. The van der Waals surface area contributed by atoms with E-state index in [1.807, 2.05) is 0 Å². The molecule has 1 saturated heterocycles. The minimum Gasteiger partial charge on any atom is -0.458 e. The van der Waals surface area contributed by atoms with Gasteiger partial charge in [0.25, 0.3) is 0 Å². The monoisotopic (exact) mass is 254 g/mol. The lowest BCUT2D eigenvalue weighted by Gasteiger charge is -2.36. The molecular weight excluding hydrogens is 236 g/mol. The Morgan fingerprint density at radius 2 is 1.28 bits per heavy atom. The fraction of sp³-hybridized carbons (Fsp3) is 0.769. The van der Waals surface area contributed by atoms with Gasteiger partial charge in [-0.1, -0.05) is 19.3 Å². The predicted molar refractivity (Wildman–Crippen MR) is 61.7 cm³/mol. The minimum absolute atomic E-state index is 0.218. The first-order chi connectivity index (χ1) is 8.60. The minimum atomic E-state index is -0.378. The lowest BCUT2D eigenvalue weighted by Crippen LogP contribution is -2.34. The van der Waals surface area contributed by atoms with Crippen LogP contribution < -0.4 is 0 Å². The van der Waals surface area contributed by atoms with Crippen LogP contribution in [0.1, 0.15) is 44.9 Å². The Morgan fingerprint density at radius 1 is 0.778 bits per heavy atom. The molecule has 5 heteroatoms. The summed E-state index contributed by atoms with van der Waals surface area (Å²) in [6, 6.07) is 0.